The summed E-state index contributed by atoms with van der Waals surface area (Å²) in [5.74, 6) is 0.552. The maximum atomic E-state index is 3.52. The minimum atomic E-state index is 0.552. The van der Waals surface area contributed by atoms with Crippen molar-refractivity contribution in [3.8, 4) is 0 Å². The Morgan fingerprint density at radius 3 is 2.28 bits per heavy atom. The zero-order valence-electron chi connectivity index (χ0n) is 11.2. The van der Waals surface area contributed by atoms with E-state index in [4.69, 9.17) is 0 Å². The maximum absolute atomic E-state index is 3.52. The molecule has 2 aromatic carbocycles. The molecule has 2 aromatic rings. The Bertz CT molecular complexity index is 459. The molecule has 0 aliphatic rings. The summed E-state index contributed by atoms with van der Waals surface area (Å²) in [6.07, 6.45) is 0. The molecule has 1 N–H and O–H groups in total. The monoisotopic (exact) mass is 239 g/mol. The van der Waals surface area contributed by atoms with E-state index in [1.54, 1.807) is 0 Å². The first-order valence-corrected chi connectivity index (χ1v) is 6.57. The number of aryl methyl sites for hydroxylation is 1. The highest BCUT2D eigenvalue weighted by Gasteiger charge is 2.03. The largest absolute Gasteiger partial charge is 0.312 e. The van der Waals surface area contributed by atoms with Gasteiger partial charge < -0.3 is 5.32 Å². The Labute approximate surface area is 110 Å². The van der Waals surface area contributed by atoms with Gasteiger partial charge >= 0.3 is 0 Å². The third kappa shape index (κ3) is 3.71. The van der Waals surface area contributed by atoms with Crippen LogP contribution in [0.25, 0.3) is 0 Å². The molecule has 0 heterocycles. The quantitative estimate of drug-likeness (QED) is 0.834. The minimum absolute atomic E-state index is 0.552. The molecule has 2 rings (SSSR count). The van der Waals surface area contributed by atoms with Crippen LogP contribution < -0.4 is 5.32 Å². The molecule has 1 atom stereocenters. The first kappa shape index (κ1) is 12.8. The van der Waals surface area contributed by atoms with Gasteiger partial charge in [-0.25, -0.2) is 0 Å². The molecule has 0 bridgehead atoms. The molecule has 18 heavy (non-hydrogen) atoms. The van der Waals surface area contributed by atoms with E-state index in [2.05, 4.69) is 73.8 Å². The van der Waals surface area contributed by atoms with Crippen molar-refractivity contribution in [2.45, 2.75) is 26.3 Å². The first-order chi connectivity index (χ1) is 8.75. The average Bonchev–Trinajstić information content (AvgIpc) is 2.42. The van der Waals surface area contributed by atoms with E-state index in [0.717, 1.165) is 13.1 Å². The fourth-order valence-corrected chi connectivity index (χ4v) is 2.04. The molecule has 0 saturated carbocycles. The normalized spacial score (nSPS) is 12.3. The van der Waals surface area contributed by atoms with Crippen molar-refractivity contribution in [3.05, 3.63) is 71.3 Å². The van der Waals surface area contributed by atoms with Crippen LogP contribution in [0, 0.1) is 6.92 Å². The average molecular weight is 239 g/mol. The lowest BCUT2D eigenvalue weighted by molar-refractivity contribution is 0.615. The number of benzene rings is 2. The maximum Gasteiger partial charge on any atom is 0.0205 e. The molecule has 0 amide bonds. The minimum Gasteiger partial charge on any atom is -0.312 e. The number of hydrogen-bond donors (Lipinski definition) is 1. The van der Waals surface area contributed by atoms with E-state index in [1.807, 2.05) is 0 Å². The summed E-state index contributed by atoms with van der Waals surface area (Å²) in [5, 5.41) is 3.52. The lowest BCUT2D eigenvalue weighted by Crippen LogP contribution is -2.19. The van der Waals surface area contributed by atoms with Gasteiger partial charge in [0.25, 0.3) is 0 Å². The van der Waals surface area contributed by atoms with Crippen molar-refractivity contribution in [1.82, 2.24) is 5.32 Å². The summed E-state index contributed by atoms with van der Waals surface area (Å²) < 4.78 is 0. The van der Waals surface area contributed by atoms with Gasteiger partial charge in [0, 0.05) is 13.1 Å². The van der Waals surface area contributed by atoms with Crippen LogP contribution in [0.5, 0.6) is 0 Å². The summed E-state index contributed by atoms with van der Waals surface area (Å²) in [7, 11) is 0. The van der Waals surface area contributed by atoms with Crippen molar-refractivity contribution in [1.29, 1.82) is 0 Å². The standard InChI is InChI=1S/C17H21N/c1-14-8-10-16(11-9-14)13-18-12-15(2)17-6-4-3-5-7-17/h3-11,15,18H,12-13H2,1-2H3/t15-/m1/s1. The highest BCUT2D eigenvalue weighted by atomic mass is 14.9. The van der Waals surface area contributed by atoms with E-state index >= 15 is 0 Å². The van der Waals surface area contributed by atoms with Crippen LogP contribution in [0.3, 0.4) is 0 Å². The van der Waals surface area contributed by atoms with E-state index < -0.39 is 0 Å². The van der Waals surface area contributed by atoms with Crippen molar-refractivity contribution < 1.29 is 0 Å². The molecule has 0 radical (unpaired) electrons. The third-order valence-corrected chi connectivity index (χ3v) is 3.27. The molecular weight excluding hydrogens is 218 g/mol. The zero-order valence-corrected chi connectivity index (χ0v) is 11.2. The molecule has 0 aliphatic heterocycles. The van der Waals surface area contributed by atoms with Crippen molar-refractivity contribution in [2.75, 3.05) is 6.54 Å². The predicted molar refractivity (Wildman–Crippen MR) is 77.7 cm³/mol. The van der Waals surface area contributed by atoms with Crippen LogP contribution in [-0.4, -0.2) is 6.54 Å². The van der Waals surface area contributed by atoms with E-state index in [9.17, 15) is 0 Å². The molecule has 0 aliphatic carbocycles. The molecule has 1 heteroatoms. The Morgan fingerprint density at radius 2 is 1.61 bits per heavy atom. The smallest absolute Gasteiger partial charge is 0.0205 e. The number of hydrogen-bond acceptors (Lipinski definition) is 1. The molecule has 0 fully saturated rings. The van der Waals surface area contributed by atoms with Gasteiger partial charge in [-0.1, -0.05) is 67.1 Å². The van der Waals surface area contributed by atoms with Gasteiger partial charge in [-0.05, 0) is 24.0 Å². The van der Waals surface area contributed by atoms with Crippen LogP contribution in [0.2, 0.25) is 0 Å². The van der Waals surface area contributed by atoms with Crippen molar-refractivity contribution in [3.63, 3.8) is 0 Å². The number of rotatable bonds is 5. The van der Waals surface area contributed by atoms with E-state index in [-0.39, 0.29) is 0 Å². The van der Waals surface area contributed by atoms with Crippen molar-refractivity contribution >= 4 is 0 Å². The van der Waals surface area contributed by atoms with E-state index in [1.165, 1.54) is 16.7 Å². The summed E-state index contributed by atoms with van der Waals surface area (Å²) in [6, 6.07) is 19.4. The van der Waals surface area contributed by atoms with E-state index in [0.29, 0.717) is 5.92 Å². The van der Waals surface area contributed by atoms with Gasteiger partial charge in [-0.2, -0.15) is 0 Å². The van der Waals surface area contributed by atoms with Gasteiger partial charge in [0.1, 0.15) is 0 Å². The molecule has 94 valence electrons. The Kier molecular flexibility index (Phi) is 4.54. The Morgan fingerprint density at radius 1 is 0.944 bits per heavy atom. The molecule has 0 spiro atoms. The fraction of sp³-hybridized carbons (Fsp3) is 0.294. The molecule has 0 aromatic heterocycles. The lowest BCUT2D eigenvalue weighted by atomic mass is 10.0. The second-order valence-corrected chi connectivity index (χ2v) is 4.93. The summed E-state index contributed by atoms with van der Waals surface area (Å²) in [6.45, 7) is 6.33. The fourth-order valence-electron chi connectivity index (χ4n) is 2.04. The topological polar surface area (TPSA) is 12.0 Å². The summed E-state index contributed by atoms with van der Waals surface area (Å²) in [5.41, 5.74) is 4.06. The van der Waals surface area contributed by atoms with Gasteiger partial charge in [-0.3, -0.25) is 0 Å². The molecular formula is C17H21N. The highest BCUT2D eigenvalue weighted by Crippen LogP contribution is 2.13. The summed E-state index contributed by atoms with van der Waals surface area (Å²) in [4.78, 5) is 0. The van der Waals surface area contributed by atoms with Crippen LogP contribution in [-0.2, 0) is 6.54 Å². The van der Waals surface area contributed by atoms with Crippen LogP contribution >= 0.6 is 0 Å². The zero-order chi connectivity index (χ0) is 12.8. The Balaban J connectivity index is 1.80. The molecule has 0 saturated heterocycles. The summed E-state index contributed by atoms with van der Waals surface area (Å²) >= 11 is 0. The van der Waals surface area contributed by atoms with Gasteiger partial charge in [0.2, 0.25) is 0 Å². The second kappa shape index (κ2) is 6.36. The highest BCUT2D eigenvalue weighted by molar-refractivity contribution is 5.21. The van der Waals surface area contributed by atoms with Gasteiger partial charge in [0.15, 0.2) is 0 Å². The Hall–Kier alpha value is -1.60. The van der Waals surface area contributed by atoms with Crippen molar-refractivity contribution in [2.24, 2.45) is 0 Å². The second-order valence-electron chi connectivity index (χ2n) is 4.93. The first-order valence-electron chi connectivity index (χ1n) is 6.57. The molecule has 0 unspecified atom stereocenters. The predicted octanol–water partition coefficient (Wildman–Crippen LogP) is 3.89. The van der Waals surface area contributed by atoms with Crippen LogP contribution in [0.1, 0.15) is 29.5 Å². The SMILES string of the molecule is Cc1ccc(CNC[C@@H](C)c2ccccc2)cc1. The number of nitrogens with one attached hydrogen (secondary N) is 1. The lowest BCUT2D eigenvalue weighted by Gasteiger charge is -2.13. The van der Waals surface area contributed by atoms with Gasteiger partial charge in [0.05, 0.1) is 0 Å². The van der Waals surface area contributed by atoms with Crippen LogP contribution in [0.4, 0.5) is 0 Å². The third-order valence-electron chi connectivity index (χ3n) is 3.27. The molecule has 1 nitrogen and oxygen atoms in total. The van der Waals surface area contributed by atoms with Crippen LogP contribution in [0.15, 0.2) is 54.6 Å². The van der Waals surface area contributed by atoms with Gasteiger partial charge in [-0.15, -0.1) is 0 Å².